The summed E-state index contributed by atoms with van der Waals surface area (Å²) in [5, 5.41) is 0. The third-order valence-corrected chi connectivity index (χ3v) is 2.85. The minimum atomic E-state index is -0.255. The smallest absolute Gasteiger partial charge is 0.410 e. The van der Waals surface area contributed by atoms with Crippen LogP contribution in [0.15, 0.2) is 28.7 Å². The summed E-state index contributed by atoms with van der Waals surface area (Å²) in [5.74, 6) is 0. The van der Waals surface area contributed by atoms with Crippen LogP contribution in [0.5, 0.6) is 0 Å². The highest BCUT2D eigenvalue weighted by Gasteiger charge is 2.30. The first-order valence-electron chi connectivity index (χ1n) is 4.33. The maximum absolute atomic E-state index is 11.1. The van der Waals surface area contributed by atoms with E-state index in [2.05, 4.69) is 15.9 Å². The summed E-state index contributed by atoms with van der Waals surface area (Å²) in [4.78, 5) is 12.7. The number of carbonyl (C=O) groups is 1. The molecule has 0 bridgehead atoms. The number of ether oxygens (including phenoxy) is 1. The first-order chi connectivity index (χ1) is 6.68. The van der Waals surface area contributed by atoms with Crippen molar-refractivity contribution < 1.29 is 9.53 Å². The van der Waals surface area contributed by atoms with Crippen LogP contribution in [0.1, 0.15) is 11.6 Å². The summed E-state index contributed by atoms with van der Waals surface area (Å²) < 4.78 is 5.96. The number of nitrogens with zero attached hydrogens (tertiary/aromatic N) is 1. The molecule has 1 fully saturated rings. The molecule has 1 saturated heterocycles. The van der Waals surface area contributed by atoms with Crippen molar-refractivity contribution in [2.24, 2.45) is 0 Å². The number of hydrogen-bond donors (Lipinski definition) is 0. The van der Waals surface area contributed by atoms with Gasteiger partial charge >= 0.3 is 6.09 Å². The minimum absolute atomic E-state index is 0.0417. The molecule has 0 spiro atoms. The Morgan fingerprint density at radius 3 is 2.93 bits per heavy atom. The first-order valence-corrected chi connectivity index (χ1v) is 5.13. The molecule has 1 heterocycles. The van der Waals surface area contributed by atoms with Gasteiger partial charge in [-0.25, -0.2) is 4.79 Å². The standard InChI is InChI=1S/C10H10BrNO2/c1-12-9(6-14-10(12)13)7-3-2-4-8(11)5-7/h2-5,9H,6H2,1H3. The molecule has 1 aromatic rings. The SMILES string of the molecule is CN1C(=O)OCC1c1cccc(Br)c1. The number of cyclic esters (lactones) is 1. The largest absolute Gasteiger partial charge is 0.447 e. The molecule has 14 heavy (non-hydrogen) atoms. The van der Waals surface area contributed by atoms with Gasteiger partial charge in [-0.2, -0.15) is 0 Å². The molecule has 1 amide bonds. The van der Waals surface area contributed by atoms with E-state index < -0.39 is 0 Å². The number of carbonyl (C=O) groups excluding carboxylic acids is 1. The first kappa shape index (κ1) is 9.52. The molecule has 0 radical (unpaired) electrons. The van der Waals surface area contributed by atoms with Crippen molar-refractivity contribution in [3.05, 3.63) is 34.3 Å². The van der Waals surface area contributed by atoms with E-state index in [9.17, 15) is 4.79 Å². The van der Waals surface area contributed by atoms with E-state index in [4.69, 9.17) is 4.74 Å². The van der Waals surface area contributed by atoms with Crippen molar-refractivity contribution in [3.8, 4) is 0 Å². The van der Waals surface area contributed by atoms with E-state index >= 15 is 0 Å². The Morgan fingerprint density at radius 1 is 1.57 bits per heavy atom. The lowest BCUT2D eigenvalue weighted by molar-refractivity contribution is 0.163. The molecule has 74 valence electrons. The van der Waals surface area contributed by atoms with Crippen molar-refractivity contribution in [2.45, 2.75) is 6.04 Å². The number of benzene rings is 1. The number of hydrogen-bond acceptors (Lipinski definition) is 2. The van der Waals surface area contributed by atoms with Gasteiger partial charge in [-0.1, -0.05) is 28.1 Å². The molecule has 0 N–H and O–H groups in total. The fourth-order valence-corrected chi connectivity index (χ4v) is 1.94. The Balaban J connectivity index is 2.28. The second-order valence-corrected chi connectivity index (χ2v) is 4.17. The Hall–Kier alpha value is -1.03. The van der Waals surface area contributed by atoms with Crippen molar-refractivity contribution in [1.82, 2.24) is 4.90 Å². The monoisotopic (exact) mass is 255 g/mol. The van der Waals surface area contributed by atoms with Gasteiger partial charge < -0.3 is 9.64 Å². The van der Waals surface area contributed by atoms with E-state index in [1.54, 1.807) is 11.9 Å². The van der Waals surface area contributed by atoms with Crippen LogP contribution in [0.4, 0.5) is 4.79 Å². The van der Waals surface area contributed by atoms with Crippen LogP contribution in [0, 0.1) is 0 Å². The van der Waals surface area contributed by atoms with Gasteiger partial charge in [-0.05, 0) is 17.7 Å². The molecule has 1 atom stereocenters. The molecule has 4 heteroatoms. The predicted molar refractivity (Wildman–Crippen MR) is 56.0 cm³/mol. The van der Waals surface area contributed by atoms with E-state index in [1.165, 1.54) is 0 Å². The van der Waals surface area contributed by atoms with Crippen LogP contribution in [0.2, 0.25) is 0 Å². The Labute approximate surface area is 90.8 Å². The number of likely N-dealkylation sites (N-methyl/N-ethyl adjacent to an activating group) is 1. The van der Waals surface area contributed by atoms with Crippen molar-refractivity contribution >= 4 is 22.0 Å². The summed E-state index contributed by atoms with van der Waals surface area (Å²) in [6, 6.07) is 7.95. The fourth-order valence-electron chi connectivity index (χ4n) is 1.52. The zero-order valence-corrected chi connectivity index (χ0v) is 9.32. The second-order valence-electron chi connectivity index (χ2n) is 3.26. The van der Waals surface area contributed by atoms with Crippen LogP contribution in [0.25, 0.3) is 0 Å². The second kappa shape index (κ2) is 3.61. The molecule has 3 nitrogen and oxygen atoms in total. The third-order valence-electron chi connectivity index (χ3n) is 2.35. The van der Waals surface area contributed by atoms with Gasteiger partial charge in [0.05, 0.1) is 6.04 Å². The molecule has 1 aromatic carbocycles. The summed E-state index contributed by atoms with van der Waals surface area (Å²) in [6.07, 6.45) is -0.255. The average molecular weight is 256 g/mol. The molecular formula is C10H10BrNO2. The third kappa shape index (κ3) is 1.62. The van der Waals surface area contributed by atoms with Crippen molar-refractivity contribution in [2.75, 3.05) is 13.7 Å². The summed E-state index contributed by atoms with van der Waals surface area (Å²) in [5.41, 5.74) is 1.09. The Kier molecular flexibility index (Phi) is 2.46. The van der Waals surface area contributed by atoms with Gasteiger partial charge in [0.25, 0.3) is 0 Å². The average Bonchev–Trinajstić information content (AvgIpc) is 2.48. The lowest BCUT2D eigenvalue weighted by Gasteiger charge is -2.16. The maximum Gasteiger partial charge on any atom is 0.410 e. The van der Waals surface area contributed by atoms with Gasteiger partial charge in [-0.3, -0.25) is 0 Å². The molecule has 1 aliphatic rings. The predicted octanol–water partition coefficient (Wildman–Crippen LogP) is 2.57. The van der Waals surface area contributed by atoms with Gasteiger partial charge in [0.2, 0.25) is 0 Å². The van der Waals surface area contributed by atoms with Crippen molar-refractivity contribution in [1.29, 1.82) is 0 Å². The highest BCUT2D eigenvalue weighted by atomic mass is 79.9. The number of amides is 1. The van der Waals surface area contributed by atoms with Gasteiger partial charge in [0, 0.05) is 11.5 Å². The van der Waals surface area contributed by atoms with Crippen LogP contribution < -0.4 is 0 Å². The zero-order chi connectivity index (χ0) is 10.1. The topological polar surface area (TPSA) is 29.5 Å². The van der Waals surface area contributed by atoms with Gasteiger partial charge in [-0.15, -0.1) is 0 Å². The molecule has 0 aromatic heterocycles. The quantitative estimate of drug-likeness (QED) is 0.772. The summed E-state index contributed by atoms with van der Waals surface area (Å²) in [7, 11) is 1.75. The molecule has 0 aliphatic carbocycles. The molecule has 1 unspecified atom stereocenters. The summed E-state index contributed by atoms with van der Waals surface area (Å²) >= 11 is 3.40. The highest BCUT2D eigenvalue weighted by molar-refractivity contribution is 9.10. The van der Waals surface area contributed by atoms with Crippen LogP contribution >= 0.6 is 15.9 Å². The van der Waals surface area contributed by atoms with Crippen molar-refractivity contribution in [3.63, 3.8) is 0 Å². The molecule has 1 aliphatic heterocycles. The fraction of sp³-hybridized carbons (Fsp3) is 0.300. The van der Waals surface area contributed by atoms with Gasteiger partial charge in [0.1, 0.15) is 6.61 Å². The van der Waals surface area contributed by atoms with E-state index in [-0.39, 0.29) is 12.1 Å². The highest BCUT2D eigenvalue weighted by Crippen LogP contribution is 2.27. The zero-order valence-electron chi connectivity index (χ0n) is 7.74. The number of halogens is 1. The normalized spacial score (nSPS) is 21.1. The van der Waals surface area contributed by atoms with E-state index in [0.717, 1.165) is 10.0 Å². The number of rotatable bonds is 1. The molecule has 2 rings (SSSR count). The van der Waals surface area contributed by atoms with E-state index in [0.29, 0.717) is 6.61 Å². The minimum Gasteiger partial charge on any atom is -0.447 e. The van der Waals surface area contributed by atoms with Crippen LogP contribution in [-0.4, -0.2) is 24.6 Å². The van der Waals surface area contributed by atoms with E-state index in [1.807, 2.05) is 24.3 Å². The summed E-state index contributed by atoms with van der Waals surface area (Å²) in [6.45, 7) is 0.436. The van der Waals surface area contributed by atoms with Crippen LogP contribution in [0.3, 0.4) is 0 Å². The lowest BCUT2D eigenvalue weighted by atomic mass is 10.1. The van der Waals surface area contributed by atoms with Crippen LogP contribution in [-0.2, 0) is 4.74 Å². The maximum atomic E-state index is 11.1. The van der Waals surface area contributed by atoms with Gasteiger partial charge in [0.15, 0.2) is 0 Å². The molecule has 0 saturated carbocycles. The lowest BCUT2D eigenvalue weighted by Crippen LogP contribution is -2.22. The Morgan fingerprint density at radius 2 is 2.36 bits per heavy atom. The molecular weight excluding hydrogens is 246 g/mol. The Bertz CT molecular complexity index is 367.